The number of nitrogens with zero attached hydrogens (tertiary/aromatic N) is 2. The topological polar surface area (TPSA) is 15.6 Å². The molecule has 0 aromatic heterocycles. The van der Waals surface area contributed by atoms with Crippen molar-refractivity contribution in [3.63, 3.8) is 0 Å². The number of fused-ring (bicyclic) bond motifs is 3. The largest absolute Gasteiger partial charge is 0.295 e. The van der Waals surface area contributed by atoms with Gasteiger partial charge in [0.25, 0.3) is 0 Å². The molecule has 0 unspecified atom stereocenters. The molecule has 218 valence electrons. The highest BCUT2D eigenvalue weighted by atomic mass is 15.2. The van der Waals surface area contributed by atoms with Crippen LogP contribution in [0.25, 0.3) is 54.6 Å². The van der Waals surface area contributed by atoms with Crippen LogP contribution in [0.2, 0.25) is 0 Å². The maximum atomic E-state index is 5.00. The number of aliphatic imine (C=N–C) groups is 1. The average molecular weight is 589 g/mol. The summed E-state index contributed by atoms with van der Waals surface area (Å²) in [6, 6.07) is 52.3. The van der Waals surface area contributed by atoms with E-state index < -0.39 is 0 Å². The zero-order valence-corrected chi connectivity index (χ0v) is 25.5. The van der Waals surface area contributed by atoms with Crippen molar-refractivity contribution in [2.75, 3.05) is 11.4 Å². The Kier molecular flexibility index (Phi) is 7.09. The van der Waals surface area contributed by atoms with E-state index in [4.69, 9.17) is 4.99 Å². The third-order valence-corrected chi connectivity index (χ3v) is 8.80. The molecule has 46 heavy (non-hydrogen) atoms. The molecule has 0 aliphatic carbocycles. The zero-order valence-electron chi connectivity index (χ0n) is 25.5. The van der Waals surface area contributed by atoms with Crippen LogP contribution in [0.3, 0.4) is 0 Å². The van der Waals surface area contributed by atoms with Gasteiger partial charge in [-0.25, -0.2) is 0 Å². The van der Waals surface area contributed by atoms with Crippen molar-refractivity contribution in [2.24, 2.45) is 4.99 Å². The van der Waals surface area contributed by atoms with Gasteiger partial charge in [0.05, 0.1) is 6.54 Å². The van der Waals surface area contributed by atoms with Crippen molar-refractivity contribution in [1.82, 2.24) is 0 Å². The minimum atomic E-state index is 0.595. The first-order valence-corrected chi connectivity index (χ1v) is 15.7. The molecule has 7 aromatic carbocycles. The molecule has 0 N–H and O–H groups in total. The third-order valence-electron chi connectivity index (χ3n) is 8.80. The molecule has 1 aliphatic rings. The van der Waals surface area contributed by atoms with E-state index in [1.165, 1.54) is 54.6 Å². The standard InChI is InChI=1S/C44H32N2/c1-31-14-4-3-13-29-45-44(34-16-5-2-6-17-34)46(31)37-27-25-33(26-28-37)42-38-19-9-11-21-40(38)43(41-22-12-10-20-39(41)42)36-24-23-32-15-7-8-18-35(32)30-36/h2-28,30H,1,29H2/b13-3-,14-4-,45-44-. The van der Waals surface area contributed by atoms with Crippen LogP contribution in [0.15, 0.2) is 187 Å². The van der Waals surface area contributed by atoms with Gasteiger partial charge in [-0.15, -0.1) is 0 Å². The molecule has 0 bridgehead atoms. The van der Waals surface area contributed by atoms with Crippen molar-refractivity contribution < 1.29 is 0 Å². The van der Waals surface area contributed by atoms with Crippen molar-refractivity contribution >= 4 is 43.8 Å². The molecule has 0 amide bonds. The Labute approximate surface area is 269 Å². The summed E-state index contributed by atoms with van der Waals surface area (Å²) < 4.78 is 0. The number of benzene rings is 7. The van der Waals surface area contributed by atoms with E-state index in [0.29, 0.717) is 6.54 Å². The fourth-order valence-corrected chi connectivity index (χ4v) is 6.69. The lowest BCUT2D eigenvalue weighted by Gasteiger charge is -2.27. The van der Waals surface area contributed by atoms with Gasteiger partial charge in [-0.05, 0) is 78.8 Å². The van der Waals surface area contributed by atoms with Crippen molar-refractivity contribution in [1.29, 1.82) is 0 Å². The second-order valence-electron chi connectivity index (χ2n) is 11.6. The predicted octanol–water partition coefficient (Wildman–Crippen LogP) is 11.4. The molecule has 7 aromatic rings. The summed E-state index contributed by atoms with van der Waals surface area (Å²) >= 11 is 0. The van der Waals surface area contributed by atoms with E-state index in [9.17, 15) is 0 Å². The van der Waals surface area contributed by atoms with Gasteiger partial charge >= 0.3 is 0 Å². The van der Waals surface area contributed by atoms with Crippen molar-refractivity contribution in [2.45, 2.75) is 0 Å². The highest BCUT2D eigenvalue weighted by Crippen LogP contribution is 2.44. The van der Waals surface area contributed by atoms with E-state index in [1.807, 2.05) is 24.3 Å². The smallest absolute Gasteiger partial charge is 0.140 e. The molecule has 0 atom stereocenters. The molecule has 0 saturated heterocycles. The molecular weight excluding hydrogens is 556 g/mol. The van der Waals surface area contributed by atoms with Crippen LogP contribution in [0.5, 0.6) is 0 Å². The minimum absolute atomic E-state index is 0.595. The summed E-state index contributed by atoms with van der Waals surface area (Å²) in [7, 11) is 0. The number of anilines is 1. The van der Waals surface area contributed by atoms with E-state index in [0.717, 1.165) is 22.8 Å². The summed E-state index contributed by atoms with van der Waals surface area (Å²) in [5.74, 6) is 0.880. The molecule has 0 radical (unpaired) electrons. The molecule has 8 rings (SSSR count). The number of hydrogen-bond donors (Lipinski definition) is 0. The maximum absolute atomic E-state index is 5.00. The van der Waals surface area contributed by atoms with Gasteiger partial charge in [0.2, 0.25) is 0 Å². The van der Waals surface area contributed by atoms with E-state index in [-0.39, 0.29) is 0 Å². The van der Waals surface area contributed by atoms with E-state index in [2.05, 4.69) is 157 Å². The first kappa shape index (κ1) is 27.6. The summed E-state index contributed by atoms with van der Waals surface area (Å²) in [6.07, 6.45) is 8.17. The monoisotopic (exact) mass is 588 g/mol. The molecule has 1 heterocycles. The van der Waals surface area contributed by atoms with Gasteiger partial charge in [-0.1, -0.05) is 152 Å². The van der Waals surface area contributed by atoms with Crippen LogP contribution in [0, 0.1) is 0 Å². The number of rotatable bonds is 4. The Hall–Kier alpha value is -5.99. The zero-order chi connectivity index (χ0) is 30.9. The fraction of sp³-hybridized carbons (Fsp3) is 0.0227. The number of hydrogen-bond acceptors (Lipinski definition) is 2. The Balaban J connectivity index is 1.30. The normalized spacial score (nSPS) is 16.0. The van der Waals surface area contributed by atoms with E-state index >= 15 is 0 Å². The first-order valence-electron chi connectivity index (χ1n) is 15.7. The lowest BCUT2D eigenvalue weighted by atomic mass is 9.85. The lowest BCUT2D eigenvalue weighted by molar-refractivity contribution is 1.18. The second kappa shape index (κ2) is 11.8. The number of allylic oxidation sites excluding steroid dienone is 3. The Morgan fingerprint density at radius 1 is 0.500 bits per heavy atom. The van der Waals surface area contributed by atoms with Gasteiger partial charge in [0.1, 0.15) is 5.84 Å². The molecule has 2 heteroatoms. The highest BCUT2D eigenvalue weighted by Gasteiger charge is 2.20. The highest BCUT2D eigenvalue weighted by molar-refractivity contribution is 6.22. The summed E-state index contributed by atoms with van der Waals surface area (Å²) in [5.41, 5.74) is 7.85. The Bertz CT molecular complexity index is 2280. The van der Waals surface area contributed by atoms with Crippen LogP contribution < -0.4 is 4.90 Å². The molecule has 0 saturated carbocycles. The second-order valence-corrected chi connectivity index (χ2v) is 11.6. The van der Waals surface area contributed by atoms with Crippen LogP contribution in [-0.2, 0) is 0 Å². The van der Waals surface area contributed by atoms with Gasteiger partial charge in [0, 0.05) is 16.9 Å². The third kappa shape index (κ3) is 4.91. The predicted molar refractivity (Wildman–Crippen MR) is 198 cm³/mol. The molecule has 2 nitrogen and oxygen atoms in total. The first-order chi connectivity index (χ1) is 22.8. The van der Waals surface area contributed by atoms with Crippen molar-refractivity contribution in [3.05, 3.63) is 188 Å². The summed E-state index contributed by atoms with van der Waals surface area (Å²) in [5, 5.41) is 7.48. The molecular formula is C44H32N2. The lowest BCUT2D eigenvalue weighted by Crippen LogP contribution is -2.30. The number of amidine groups is 1. The average Bonchev–Trinajstić information content (AvgIpc) is 3.21. The van der Waals surface area contributed by atoms with Crippen molar-refractivity contribution in [3.8, 4) is 22.3 Å². The summed E-state index contributed by atoms with van der Waals surface area (Å²) in [6.45, 7) is 5.03. The van der Waals surface area contributed by atoms with E-state index in [1.54, 1.807) is 0 Å². The van der Waals surface area contributed by atoms with Crippen LogP contribution in [0.1, 0.15) is 5.56 Å². The van der Waals surface area contributed by atoms with Gasteiger partial charge in [0.15, 0.2) is 0 Å². The Morgan fingerprint density at radius 3 is 1.74 bits per heavy atom. The van der Waals surface area contributed by atoms with Gasteiger partial charge < -0.3 is 0 Å². The van der Waals surface area contributed by atoms with Crippen LogP contribution in [-0.4, -0.2) is 12.4 Å². The SMILES string of the molecule is C=C1/C=C\C=C/C/N=C(/c2ccccc2)N1c1ccc(-c2c3ccccc3c(-c3ccc4ccccc4c3)c3ccccc23)cc1. The van der Waals surface area contributed by atoms with Crippen LogP contribution in [0.4, 0.5) is 5.69 Å². The molecule has 0 fully saturated rings. The quantitative estimate of drug-likeness (QED) is 0.187. The van der Waals surface area contributed by atoms with Gasteiger partial charge in [-0.2, -0.15) is 0 Å². The van der Waals surface area contributed by atoms with Gasteiger partial charge in [-0.3, -0.25) is 9.89 Å². The molecule has 1 aliphatic heterocycles. The molecule has 0 spiro atoms. The summed E-state index contributed by atoms with van der Waals surface area (Å²) in [4.78, 5) is 7.15. The Morgan fingerprint density at radius 2 is 1.07 bits per heavy atom. The minimum Gasteiger partial charge on any atom is -0.295 e. The maximum Gasteiger partial charge on any atom is 0.140 e. The fourth-order valence-electron chi connectivity index (χ4n) is 6.69. The van der Waals surface area contributed by atoms with Crippen LogP contribution >= 0.6 is 0 Å².